The van der Waals surface area contributed by atoms with Gasteiger partial charge in [-0.05, 0) is 34.1 Å². The third kappa shape index (κ3) is 5.89. The van der Waals surface area contributed by atoms with E-state index in [1.165, 1.54) is 20.1 Å². The van der Waals surface area contributed by atoms with Crippen LogP contribution in [0, 0.1) is 0 Å². The number of benzene rings is 2. The molecule has 0 saturated carbocycles. The van der Waals surface area contributed by atoms with Gasteiger partial charge < -0.3 is 0 Å². The molecule has 0 aromatic heterocycles. The fourth-order valence-corrected chi connectivity index (χ4v) is 3.90. The zero-order valence-corrected chi connectivity index (χ0v) is 17.5. The van der Waals surface area contributed by atoms with Crippen molar-refractivity contribution < 1.29 is 0 Å². The van der Waals surface area contributed by atoms with Crippen LogP contribution in [0.5, 0.6) is 0 Å². The lowest BCUT2D eigenvalue weighted by molar-refractivity contribution is 0.587. The predicted molar refractivity (Wildman–Crippen MR) is 106 cm³/mol. The van der Waals surface area contributed by atoms with Gasteiger partial charge in [0.2, 0.25) is 0 Å². The molecule has 0 aliphatic heterocycles. The molecule has 0 heterocycles. The highest BCUT2D eigenvalue weighted by molar-refractivity contribution is 9.10. The number of rotatable bonds is 0. The van der Waals surface area contributed by atoms with Crippen LogP contribution in [0.3, 0.4) is 0 Å². The molecule has 0 bridgehead atoms. The quantitative estimate of drug-likeness (QED) is 0.409. The molecule has 0 spiro atoms. The van der Waals surface area contributed by atoms with Gasteiger partial charge in [-0.1, -0.05) is 110 Å². The van der Waals surface area contributed by atoms with Gasteiger partial charge in [-0.2, -0.15) is 0 Å². The lowest BCUT2D eigenvalue weighted by Crippen LogP contribution is -2.11. The fourth-order valence-electron chi connectivity index (χ4n) is 2.14. The molecule has 0 atom stereocenters. The van der Waals surface area contributed by atoms with Crippen LogP contribution in [-0.2, 0) is 10.8 Å². The monoisotopic (exact) mass is 424 g/mol. The van der Waals surface area contributed by atoms with Crippen LogP contribution in [0.1, 0.15) is 52.7 Å². The minimum Gasteiger partial charge on any atom is -0.0619 e. The molecule has 0 radical (unpaired) electrons. The Morgan fingerprint density at radius 1 is 0.545 bits per heavy atom. The third-order valence-corrected chi connectivity index (χ3v) is 4.75. The van der Waals surface area contributed by atoms with E-state index in [2.05, 4.69) is 110 Å². The van der Waals surface area contributed by atoms with E-state index in [0.717, 1.165) is 0 Å². The first-order chi connectivity index (χ1) is 10.0. The minimum atomic E-state index is 0.236. The summed E-state index contributed by atoms with van der Waals surface area (Å²) in [7, 11) is 0. The summed E-state index contributed by atoms with van der Waals surface area (Å²) in [6.45, 7) is 13.3. The molecule has 2 aromatic rings. The summed E-state index contributed by atoms with van der Waals surface area (Å²) in [5, 5.41) is 0. The van der Waals surface area contributed by atoms with Crippen LogP contribution in [0.4, 0.5) is 0 Å². The highest BCUT2D eigenvalue weighted by Crippen LogP contribution is 2.29. The van der Waals surface area contributed by atoms with Gasteiger partial charge in [-0.15, -0.1) is 0 Å². The highest BCUT2D eigenvalue weighted by Gasteiger charge is 2.16. The second kappa shape index (κ2) is 7.79. The van der Waals surface area contributed by atoms with Gasteiger partial charge in [-0.3, -0.25) is 0 Å². The Kier molecular flexibility index (Phi) is 6.88. The first kappa shape index (κ1) is 19.4. The van der Waals surface area contributed by atoms with E-state index in [1.807, 2.05) is 12.1 Å². The summed E-state index contributed by atoms with van der Waals surface area (Å²) in [6.07, 6.45) is 0. The van der Waals surface area contributed by atoms with Crippen molar-refractivity contribution in [3.05, 3.63) is 68.6 Å². The molecule has 0 nitrogen and oxygen atoms in total. The van der Waals surface area contributed by atoms with E-state index in [0.29, 0.717) is 0 Å². The van der Waals surface area contributed by atoms with Crippen LogP contribution in [0.2, 0.25) is 0 Å². The Bertz CT molecular complexity index is 546. The molecule has 0 amide bonds. The fraction of sp³-hybridized carbons (Fsp3) is 0.400. The SMILES string of the molecule is CC(C)(C)c1ccccc1Br.CC(C)(C)c1ccccc1Br. The summed E-state index contributed by atoms with van der Waals surface area (Å²) in [6, 6.07) is 16.7. The summed E-state index contributed by atoms with van der Waals surface area (Å²) in [5.74, 6) is 0. The Morgan fingerprint density at radius 3 is 1.00 bits per heavy atom. The summed E-state index contributed by atoms with van der Waals surface area (Å²) in [5.41, 5.74) is 3.19. The number of hydrogen-bond acceptors (Lipinski definition) is 0. The molecule has 22 heavy (non-hydrogen) atoms. The standard InChI is InChI=1S/2C10H13Br/c2*1-10(2,3)8-6-4-5-7-9(8)11/h2*4-7H,1-3H3. The van der Waals surface area contributed by atoms with Crippen molar-refractivity contribution in [3.63, 3.8) is 0 Å². The molecule has 0 aliphatic rings. The molecular weight excluding hydrogens is 400 g/mol. The molecule has 2 aromatic carbocycles. The zero-order valence-electron chi connectivity index (χ0n) is 14.4. The second-order valence-corrected chi connectivity index (χ2v) is 9.17. The first-order valence-corrected chi connectivity index (χ1v) is 9.12. The predicted octanol–water partition coefficient (Wildman–Crippen LogP) is 7.49. The van der Waals surface area contributed by atoms with Crippen molar-refractivity contribution in [2.24, 2.45) is 0 Å². The van der Waals surface area contributed by atoms with Gasteiger partial charge in [0.1, 0.15) is 0 Å². The zero-order chi connectivity index (χ0) is 17.0. The van der Waals surface area contributed by atoms with Gasteiger partial charge in [0.25, 0.3) is 0 Å². The minimum absolute atomic E-state index is 0.236. The molecule has 0 saturated heterocycles. The van der Waals surface area contributed by atoms with Crippen molar-refractivity contribution in [2.75, 3.05) is 0 Å². The number of hydrogen-bond donors (Lipinski definition) is 0. The van der Waals surface area contributed by atoms with E-state index in [9.17, 15) is 0 Å². The van der Waals surface area contributed by atoms with Crippen LogP contribution in [0.15, 0.2) is 57.5 Å². The van der Waals surface area contributed by atoms with Crippen molar-refractivity contribution in [2.45, 2.75) is 52.4 Å². The van der Waals surface area contributed by atoms with E-state index >= 15 is 0 Å². The van der Waals surface area contributed by atoms with E-state index in [1.54, 1.807) is 0 Å². The molecule has 0 fully saturated rings. The normalized spacial score (nSPS) is 11.6. The van der Waals surface area contributed by atoms with Gasteiger partial charge in [0, 0.05) is 8.95 Å². The Morgan fingerprint density at radius 2 is 0.818 bits per heavy atom. The maximum atomic E-state index is 3.53. The average molecular weight is 426 g/mol. The topological polar surface area (TPSA) is 0 Å². The molecule has 2 rings (SSSR count). The van der Waals surface area contributed by atoms with Crippen LogP contribution in [-0.4, -0.2) is 0 Å². The highest BCUT2D eigenvalue weighted by atomic mass is 79.9. The van der Waals surface area contributed by atoms with Gasteiger partial charge in [0.05, 0.1) is 0 Å². The Balaban J connectivity index is 0.000000220. The van der Waals surface area contributed by atoms with Crippen LogP contribution < -0.4 is 0 Å². The molecule has 2 heteroatoms. The molecule has 0 unspecified atom stereocenters. The maximum Gasteiger partial charge on any atom is 0.0212 e. The van der Waals surface area contributed by atoms with E-state index in [-0.39, 0.29) is 10.8 Å². The smallest absolute Gasteiger partial charge is 0.0212 e. The third-order valence-electron chi connectivity index (χ3n) is 3.36. The average Bonchev–Trinajstić information content (AvgIpc) is 2.37. The van der Waals surface area contributed by atoms with Gasteiger partial charge in [0.15, 0.2) is 0 Å². The molecule has 120 valence electrons. The summed E-state index contributed by atoms with van der Waals surface area (Å²) < 4.78 is 2.40. The molecule has 0 N–H and O–H groups in total. The lowest BCUT2D eigenvalue weighted by Gasteiger charge is -2.20. The number of halogens is 2. The largest absolute Gasteiger partial charge is 0.0619 e. The Hall–Kier alpha value is -0.600. The first-order valence-electron chi connectivity index (χ1n) is 7.53. The maximum absolute atomic E-state index is 3.53. The summed E-state index contributed by atoms with van der Waals surface area (Å²) in [4.78, 5) is 0. The van der Waals surface area contributed by atoms with Gasteiger partial charge in [-0.25, -0.2) is 0 Å². The van der Waals surface area contributed by atoms with Crippen molar-refractivity contribution in [1.29, 1.82) is 0 Å². The summed E-state index contributed by atoms with van der Waals surface area (Å²) >= 11 is 7.06. The molecular formula is C20H26Br2. The Labute approximate surface area is 152 Å². The van der Waals surface area contributed by atoms with Crippen molar-refractivity contribution in [1.82, 2.24) is 0 Å². The van der Waals surface area contributed by atoms with Crippen molar-refractivity contribution in [3.8, 4) is 0 Å². The van der Waals surface area contributed by atoms with E-state index < -0.39 is 0 Å². The lowest BCUT2D eigenvalue weighted by atomic mass is 9.87. The molecule has 0 aliphatic carbocycles. The van der Waals surface area contributed by atoms with Crippen LogP contribution >= 0.6 is 31.9 Å². The van der Waals surface area contributed by atoms with E-state index in [4.69, 9.17) is 0 Å². The van der Waals surface area contributed by atoms with Gasteiger partial charge >= 0.3 is 0 Å². The van der Waals surface area contributed by atoms with Crippen LogP contribution in [0.25, 0.3) is 0 Å². The van der Waals surface area contributed by atoms with Crippen molar-refractivity contribution >= 4 is 31.9 Å². The second-order valence-electron chi connectivity index (χ2n) is 7.46.